The topological polar surface area (TPSA) is 34.2 Å². The van der Waals surface area contributed by atoms with E-state index in [0.717, 1.165) is 49.1 Å². The predicted molar refractivity (Wildman–Crippen MR) is 192 cm³/mol. The first-order valence-electron chi connectivity index (χ1n) is 17.9. The average Bonchev–Trinajstić information content (AvgIpc) is 3.13. The van der Waals surface area contributed by atoms with E-state index in [0.29, 0.717) is 11.8 Å². The Morgan fingerprint density at radius 3 is 1.21 bits per heavy atom. The molecule has 0 bridgehead atoms. The number of likely N-dealkylation sites (tertiary alicyclic amines) is 2. The summed E-state index contributed by atoms with van der Waals surface area (Å²) in [5, 5.41) is 0. The van der Waals surface area contributed by atoms with Crippen LogP contribution in [0.4, 0.5) is 0 Å². The van der Waals surface area contributed by atoms with Crippen LogP contribution in [0.5, 0.6) is 23.0 Å². The summed E-state index contributed by atoms with van der Waals surface area (Å²) in [7, 11) is 0. The minimum atomic E-state index is 0.667. The number of piperidine rings is 2. The third-order valence-corrected chi connectivity index (χ3v) is 9.83. The SMILES string of the molecule is c1ccc(OCC2CCN(CCCc3ccc(Oc4ccc(CCCN5CCC(COc6ccccc6)CC5)cc4)cc3)CC2)cc1. The monoisotopic (exact) mass is 632 g/mol. The molecule has 0 saturated carbocycles. The van der Waals surface area contributed by atoms with E-state index in [1.54, 1.807) is 0 Å². The summed E-state index contributed by atoms with van der Waals surface area (Å²) >= 11 is 0. The second kappa shape index (κ2) is 17.9. The summed E-state index contributed by atoms with van der Waals surface area (Å²) < 4.78 is 18.1. The van der Waals surface area contributed by atoms with Gasteiger partial charge >= 0.3 is 0 Å². The van der Waals surface area contributed by atoms with Crippen molar-refractivity contribution in [3.05, 3.63) is 120 Å². The largest absolute Gasteiger partial charge is 0.493 e. The van der Waals surface area contributed by atoms with Gasteiger partial charge in [-0.1, -0.05) is 60.7 Å². The van der Waals surface area contributed by atoms with Crippen LogP contribution < -0.4 is 14.2 Å². The Morgan fingerprint density at radius 1 is 0.447 bits per heavy atom. The molecule has 0 amide bonds. The Bertz CT molecular complexity index is 1300. The van der Waals surface area contributed by atoms with Gasteiger partial charge in [0, 0.05) is 0 Å². The maximum atomic E-state index is 6.17. The second-order valence-corrected chi connectivity index (χ2v) is 13.4. The first kappa shape index (κ1) is 33.1. The first-order chi connectivity index (χ1) is 23.2. The highest BCUT2D eigenvalue weighted by atomic mass is 16.5. The molecular formula is C42H52N2O3. The van der Waals surface area contributed by atoms with Crippen LogP contribution >= 0.6 is 0 Å². The van der Waals surface area contributed by atoms with Gasteiger partial charge < -0.3 is 24.0 Å². The molecule has 4 aromatic rings. The number of ether oxygens (including phenoxy) is 3. The number of benzene rings is 4. The zero-order chi connectivity index (χ0) is 31.9. The second-order valence-electron chi connectivity index (χ2n) is 13.4. The molecule has 248 valence electrons. The molecule has 6 rings (SSSR count). The number of hydrogen-bond donors (Lipinski definition) is 0. The summed E-state index contributed by atoms with van der Waals surface area (Å²) in [5.74, 6) is 5.11. The lowest BCUT2D eigenvalue weighted by Gasteiger charge is -2.31. The van der Waals surface area contributed by atoms with Gasteiger partial charge in [-0.3, -0.25) is 0 Å². The van der Waals surface area contributed by atoms with Gasteiger partial charge in [-0.05, 0) is 162 Å². The number of aryl methyl sites for hydroxylation is 2. The molecule has 2 aliphatic heterocycles. The molecule has 0 spiro atoms. The lowest BCUT2D eigenvalue weighted by atomic mass is 9.97. The van der Waals surface area contributed by atoms with Gasteiger partial charge in [-0.2, -0.15) is 0 Å². The Morgan fingerprint density at radius 2 is 0.830 bits per heavy atom. The molecule has 0 aromatic heterocycles. The number of hydrogen-bond acceptors (Lipinski definition) is 5. The Labute approximate surface area is 282 Å². The molecule has 2 saturated heterocycles. The normalized spacial score (nSPS) is 16.6. The minimum Gasteiger partial charge on any atom is -0.493 e. The average molecular weight is 633 g/mol. The van der Waals surface area contributed by atoms with Crippen molar-refractivity contribution in [1.82, 2.24) is 9.80 Å². The Hall–Kier alpha value is -3.80. The lowest BCUT2D eigenvalue weighted by Crippen LogP contribution is -2.36. The van der Waals surface area contributed by atoms with E-state index in [2.05, 4.69) is 58.3 Å². The standard InChI is InChI=1S/C42H52N2O3/c1-3-11-39(12-4-1)45-33-37-23-29-43(30-24-37)27-7-9-35-15-19-41(20-16-35)47-42-21-17-36(18-22-42)10-8-28-44-31-25-38(26-32-44)34-46-40-13-5-2-6-14-40/h1-6,11-22,37-38H,7-10,23-34H2. The van der Waals surface area contributed by atoms with Crippen molar-refractivity contribution in [3.8, 4) is 23.0 Å². The highest BCUT2D eigenvalue weighted by molar-refractivity contribution is 5.34. The van der Waals surface area contributed by atoms with Crippen molar-refractivity contribution in [2.45, 2.75) is 51.4 Å². The molecule has 2 heterocycles. The zero-order valence-corrected chi connectivity index (χ0v) is 28.0. The van der Waals surface area contributed by atoms with E-state index in [-0.39, 0.29) is 0 Å². The van der Waals surface area contributed by atoms with Crippen LogP contribution in [0.15, 0.2) is 109 Å². The number of para-hydroxylation sites is 2. The molecule has 47 heavy (non-hydrogen) atoms. The summed E-state index contributed by atoms with van der Waals surface area (Å²) in [6.07, 6.45) is 9.50. The highest BCUT2D eigenvalue weighted by Crippen LogP contribution is 2.25. The fourth-order valence-corrected chi connectivity index (χ4v) is 6.81. The van der Waals surface area contributed by atoms with Crippen LogP contribution in [0.25, 0.3) is 0 Å². The van der Waals surface area contributed by atoms with Crippen molar-refractivity contribution in [2.75, 3.05) is 52.5 Å². The zero-order valence-electron chi connectivity index (χ0n) is 28.0. The van der Waals surface area contributed by atoms with Crippen LogP contribution in [0.2, 0.25) is 0 Å². The van der Waals surface area contributed by atoms with Crippen molar-refractivity contribution in [3.63, 3.8) is 0 Å². The van der Waals surface area contributed by atoms with Gasteiger partial charge in [0.2, 0.25) is 0 Å². The maximum Gasteiger partial charge on any atom is 0.127 e. The van der Waals surface area contributed by atoms with Gasteiger partial charge in [0.1, 0.15) is 23.0 Å². The highest BCUT2D eigenvalue weighted by Gasteiger charge is 2.20. The number of nitrogens with zero attached hydrogens (tertiary/aromatic N) is 2. The molecule has 0 atom stereocenters. The third-order valence-electron chi connectivity index (χ3n) is 9.83. The third kappa shape index (κ3) is 11.2. The molecule has 0 aliphatic carbocycles. The van der Waals surface area contributed by atoms with E-state index in [1.807, 2.05) is 60.7 Å². The fraction of sp³-hybridized carbons (Fsp3) is 0.429. The van der Waals surface area contributed by atoms with E-state index in [9.17, 15) is 0 Å². The number of rotatable bonds is 16. The van der Waals surface area contributed by atoms with Gasteiger partial charge in [-0.25, -0.2) is 0 Å². The molecule has 5 nitrogen and oxygen atoms in total. The molecule has 2 aliphatic rings. The molecule has 0 radical (unpaired) electrons. The van der Waals surface area contributed by atoms with E-state index in [4.69, 9.17) is 14.2 Å². The maximum absolute atomic E-state index is 6.17. The molecule has 5 heteroatoms. The van der Waals surface area contributed by atoms with Crippen molar-refractivity contribution in [1.29, 1.82) is 0 Å². The smallest absolute Gasteiger partial charge is 0.127 e. The van der Waals surface area contributed by atoms with Gasteiger partial charge in [-0.15, -0.1) is 0 Å². The van der Waals surface area contributed by atoms with Crippen molar-refractivity contribution in [2.24, 2.45) is 11.8 Å². The summed E-state index contributed by atoms with van der Waals surface area (Å²) in [5.41, 5.74) is 2.76. The fourth-order valence-electron chi connectivity index (χ4n) is 6.81. The van der Waals surface area contributed by atoms with Crippen molar-refractivity contribution < 1.29 is 14.2 Å². The Balaban J connectivity index is 0.816. The van der Waals surface area contributed by atoms with E-state index in [1.165, 1.54) is 88.9 Å². The minimum absolute atomic E-state index is 0.667. The van der Waals surface area contributed by atoms with Crippen LogP contribution in [0, 0.1) is 11.8 Å². The van der Waals surface area contributed by atoms with Crippen LogP contribution in [0.1, 0.15) is 49.7 Å². The van der Waals surface area contributed by atoms with Crippen LogP contribution in [-0.4, -0.2) is 62.3 Å². The molecule has 0 N–H and O–H groups in total. The van der Waals surface area contributed by atoms with Gasteiger partial charge in [0.25, 0.3) is 0 Å². The molecule has 0 unspecified atom stereocenters. The van der Waals surface area contributed by atoms with Gasteiger partial charge in [0.15, 0.2) is 0 Å². The summed E-state index contributed by atoms with van der Waals surface area (Å²) in [6.45, 7) is 8.73. The summed E-state index contributed by atoms with van der Waals surface area (Å²) in [6, 6.07) is 37.7. The quantitative estimate of drug-likeness (QED) is 0.123. The Kier molecular flexibility index (Phi) is 12.6. The van der Waals surface area contributed by atoms with E-state index >= 15 is 0 Å². The predicted octanol–water partition coefficient (Wildman–Crippen LogP) is 8.93. The van der Waals surface area contributed by atoms with Crippen molar-refractivity contribution >= 4 is 0 Å². The van der Waals surface area contributed by atoms with E-state index < -0.39 is 0 Å². The molecule has 4 aromatic carbocycles. The lowest BCUT2D eigenvalue weighted by molar-refractivity contribution is 0.140. The summed E-state index contributed by atoms with van der Waals surface area (Å²) in [4.78, 5) is 5.24. The molecular weight excluding hydrogens is 580 g/mol. The van der Waals surface area contributed by atoms with Crippen LogP contribution in [-0.2, 0) is 12.8 Å². The first-order valence-corrected chi connectivity index (χ1v) is 17.9. The molecule has 2 fully saturated rings. The van der Waals surface area contributed by atoms with Crippen LogP contribution in [0.3, 0.4) is 0 Å². The van der Waals surface area contributed by atoms with Gasteiger partial charge in [0.05, 0.1) is 13.2 Å².